The molecule has 0 fully saturated rings. The lowest BCUT2D eigenvalue weighted by Gasteiger charge is -2.37. The third kappa shape index (κ3) is 3.47. The lowest BCUT2D eigenvalue weighted by atomic mass is 9.77. The number of hydrogen-bond donors (Lipinski definition) is 2. The van der Waals surface area contributed by atoms with Gasteiger partial charge in [0.15, 0.2) is 5.60 Å². The van der Waals surface area contributed by atoms with Crippen LogP contribution in [0.4, 0.5) is 0 Å². The molecular formula is C34H28O8. The predicted molar refractivity (Wildman–Crippen MR) is 152 cm³/mol. The summed E-state index contributed by atoms with van der Waals surface area (Å²) in [4.78, 5) is 26.6. The van der Waals surface area contributed by atoms with Crippen molar-refractivity contribution in [3.05, 3.63) is 105 Å². The maximum Gasteiger partial charge on any atom is 0.355 e. The molecule has 0 radical (unpaired) electrons. The average molecular weight is 565 g/mol. The summed E-state index contributed by atoms with van der Waals surface area (Å²) in [6.07, 6.45) is 0.911. The summed E-state index contributed by atoms with van der Waals surface area (Å²) in [5.41, 5.74) is 2.82. The minimum atomic E-state index is -1.30. The first kappa shape index (κ1) is 26.0. The number of rotatable bonds is 2. The molecule has 212 valence electrons. The van der Waals surface area contributed by atoms with Gasteiger partial charge in [-0.3, -0.25) is 0 Å². The van der Waals surface area contributed by atoms with Crippen molar-refractivity contribution in [1.82, 2.24) is 0 Å². The van der Waals surface area contributed by atoms with E-state index in [-0.39, 0.29) is 17.2 Å². The molecule has 0 bridgehead atoms. The minimum absolute atomic E-state index is 0.00993. The van der Waals surface area contributed by atoms with Gasteiger partial charge in [-0.2, -0.15) is 0 Å². The first-order valence-corrected chi connectivity index (χ1v) is 13.7. The number of ether oxygens (including phenoxy) is 4. The number of hydrogen-bond acceptors (Lipinski definition) is 8. The molecule has 0 aliphatic carbocycles. The molecule has 0 saturated carbocycles. The summed E-state index contributed by atoms with van der Waals surface area (Å²) in [7, 11) is 0. The fourth-order valence-corrected chi connectivity index (χ4v) is 6.31. The molecule has 42 heavy (non-hydrogen) atoms. The highest BCUT2D eigenvalue weighted by atomic mass is 16.6. The number of phenolic OH excluding ortho intramolecular Hbond substituents is 2. The molecule has 2 unspecified atom stereocenters. The lowest BCUT2D eigenvalue weighted by Crippen LogP contribution is -2.47. The maximum atomic E-state index is 13.6. The van der Waals surface area contributed by atoms with Crippen molar-refractivity contribution < 1.29 is 38.7 Å². The number of phenols is 2. The number of aromatic hydroxyl groups is 2. The fraction of sp³-hybridized carbons (Fsp3) is 0.235. The molecule has 2 N–H and O–H groups in total. The van der Waals surface area contributed by atoms with Gasteiger partial charge in [-0.05, 0) is 81.1 Å². The van der Waals surface area contributed by atoms with Crippen LogP contribution in [0.1, 0.15) is 62.6 Å². The molecule has 0 saturated heterocycles. The Morgan fingerprint density at radius 1 is 0.857 bits per heavy atom. The predicted octanol–water partition coefficient (Wildman–Crippen LogP) is 6.28. The summed E-state index contributed by atoms with van der Waals surface area (Å²) < 4.78 is 24.5. The number of benzene rings is 4. The van der Waals surface area contributed by atoms with Crippen LogP contribution >= 0.6 is 0 Å². The Bertz CT molecular complexity index is 1860. The Labute approximate surface area is 242 Å². The van der Waals surface area contributed by atoms with E-state index in [0.717, 1.165) is 16.7 Å². The largest absolute Gasteiger partial charge is 0.508 e. The molecule has 7 rings (SSSR count). The van der Waals surface area contributed by atoms with Crippen LogP contribution in [0.5, 0.6) is 34.5 Å². The van der Waals surface area contributed by atoms with E-state index in [1.165, 1.54) is 12.1 Å². The van der Waals surface area contributed by atoms with Crippen molar-refractivity contribution in [3.8, 4) is 34.5 Å². The van der Waals surface area contributed by atoms with E-state index in [2.05, 4.69) is 0 Å². The standard InChI is InChI=1S/C34H28O8/c1-17-18(2)30-22(19(3)29(17)36)13-14-33(4,41-30)32(38)39-21-10-12-26-28(16-21)40-27-15-20(35)9-11-25(27)34(26)24-8-6-5-7-23(24)31(37)42-34/h5-12,15-16,35-36H,13-14H2,1-4H3. The van der Waals surface area contributed by atoms with Gasteiger partial charge in [-0.15, -0.1) is 0 Å². The zero-order valence-electron chi connectivity index (χ0n) is 23.5. The summed E-state index contributed by atoms with van der Waals surface area (Å²) in [6, 6.07) is 16.8. The number of esters is 2. The second-order valence-electron chi connectivity index (χ2n) is 11.3. The van der Waals surface area contributed by atoms with Gasteiger partial charge in [0.25, 0.3) is 0 Å². The summed E-state index contributed by atoms with van der Waals surface area (Å²) in [5.74, 6) is 0.659. The molecule has 3 aliphatic rings. The van der Waals surface area contributed by atoms with E-state index >= 15 is 0 Å². The second kappa shape index (κ2) is 8.76. The SMILES string of the molecule is Cc1c(C)c2c(c(C)c1O)CCC(C)(C(=O)Oc1ccc3c(c1)Oc1cc(O)ccc1C31OC(=O)c3ccccc31)O2. The van der Waals surface area contributed by atoms with Gasteiger partial charge >= 0.3 is 11.9 Å². The summed E-state index contributed by atoms with van der Waals surface area (Å²) in [5, 5.41) is 20.7. The normalized spacial score (nSPS) is 21.3. The Balaban J connectivity index is 1.26. The van der Waals surface area contributed by atoms with Gasteiger partial charge in [0.1, 0.15) is 34.5 Å². The average Bonchev–Trinajstić information content (AvgIpc) is 3.27. The summed E-state index contributed by atoms with van der Waals surface area (Å²) in [6.45, 7) is 7.24. The van der Waals surface area contributed by atoms with Gasteiger partial charge < -0.3 is 29.2 Å². The van der Waals surface area contributed by atoms with Crippen LogP contribution in [0.2, 0.25) is 0 Å². The Morgan fingerprint density at radius 3 is 2.36 bits per heavy atom. The first-order chi connectivity index (χ1) is 20.0. The zero-order valence-corrected chi connectivity index (χ0v) is 23.5. The molecular weight excluding hydrogens is 536 g/mol. The van der Waals surface area contributed by atoms with Gasteiger partial charge in [0, 0.05) is 40.8 Å². The zero-order chi connectivity index (χ0) is 29.6. The van der Waals surface area contributed by atoms with E-state index in [9.17, 15) is 19.8 Å². The molecule has 1 spiro atoms. The molecule has 4 aromatic carbocycles. The van der Waals surface area contributed by atoms with Crippen LogP contribution in [0.3, 0.4) is 0 Å². The smallest absolute Gasteiger partial charge is 0.355 e. The molecule has 3 heterocycles. The molecule has 4 aromatic rings. The number of carbonyl (C=O) groups is 2. The van der Waals surface area contributed by atoms with Gasteiger partial charge in [0.05, 0.1) is 5.56 Å². The Kier molecular flexibility index (Phi) is 5.41. The molecule has 0 amide bonds. The Morgan fingerprint density at radius 2 is 1.57 bits per heavy atom. The highest BCUT2D eigenvalue weighted by Crippen LogP contribution is 2.57. The molecule has 2 atom stereocenters. The van der Waals surface area contributed by atoms with Crippen LogP contribution in [0.15, 0.2) is 60.7 Å². The fourth-order valence-electron chi connectivity index (χ4n) is 6.31. The van der Waals surface area contributed by atoms with E-state index in [1.54, 1.807) is 43.3 Å². The van der Waals surface area contributed by atoms with Crippen molar-refractivity contribution >= 4 is 11.9 Å². The van der Waals surface area contributed by atoms with Gasteiger partial charge in [0.2, 0.25) is 5.60 Å². The molecule has 0 aromatic heterocycles. The van der Waals surface area contributed by atoms with Crippen LogP contribution in [0.25, 0.3) is 0 Å². The Hall–Kier alpha value is -4.98. The third-order valence-electron chi connectivity index (χ3n) is 8.83. The van der Waals surface area contributed by atoms with E-state index < -0.39 is 23.1 Å². The van der Waals surface area contributed by atoms with Crippen LogP contribution in [0, 0.1) is 20.8 Å². The van der Waals surface area contributed by atoms with Crippen LogP contribution in [-0.2, 0) is 21.6 Å². The van der Waals surface area contributed by atoms with E-state index in [1.807, 2.05) is 32.9 Å². The van der Waals surface area contributed by atoms with Crippen molar-refractivity contribution in [2.24, 2.45) is 0 Å². The minimum Gasteiger partial charge on any atom is -0.508 e. The first-order valence-electron chi connectivity index (χ1n) is 13.7. The highest BCUT2D eigenvalue weighted by molar-refractivity contribution is 5.97. The van der Waals surface area contributed by atoms with Crippen molar-refractivity contribution in [2.45, 2.75) is 51.7 Å². The van der Waals surface area contributed by atoms with Gasteiger partial charge in [-0.1, -0.05) is 18.2 Å². The molecule has 8 nitrogen and oxygen atoms in total. The molecule has 8 heteroatoms. The highest BCUT2D eigenvalue weighted by Gasteiger charge is 2.53. The van der Waals surface area contributed by atoms with Crippen molar-refractivity contribution in [1.29, 1.82) is 0 Å². The lowest BCUT2D eigenvalue weighted by molar-refractivity contribution is -0.152. The van der Waals surface area contributed by atoms with Crippen LogP contribution < -0.4 is 14.2 Å². The monoisotopic (exact) mass is 564 g/mol. The van der Waals surface area contributed by atoms with Crippen molar-refractivity contribution in [3.63, 3.8) is 0 Å². The second-order valence-corrected chi connectivity index (χ2v) is 11.3. The quantitative estimate of drug-likeness (QED) is 0.216. The number of carbonyl (C=O) groups excluding carboxylic acids is 2. The van der Waals surface area contributed by atoms with Crippen LogP contribution in [-0.4, -0.2) is 27.8 Å². The van der Waals surface area contributed by atoms with E-state index in [4.69, 9.17) is 18.9 Å². The van der Waals surface area contributed by atoms with Crippen molar-refractivity contribution in [2.75, 3.05) is 0 Å². The topological polar surface area (TPSA) is 112 Å². The summed E-state index contributed by atoms with van der Waals surface area (Å²) >= 11 is 0. The number of fused-ring (bicyclic) bond motifs is 7. The maximum absolute atomic E-state index is 13.6. The van der Waals surface area contributed by atoms with Gasteiger partial charge in [-0.25, -0.2) is 9.59 Å². The third-order valence-corrected chi connectivity index (χ3v) is 8.83. The van der Waals surface area contributed by atoms with E-state index in [0.29, 0.717) is 57.9 Å². The molecule has 3 aliphatic heterocycles.